The highest BCUT2D eigenvalue weighted by Crippen LogP contribution is 2.21. The number of methoxy groups -OCH3 is 1. The fourth-order valence-electron chi connectivity index (χ4n) is 2.23. The third kappa shape index (κ3) is 4.23. The fraction of sp³-hybridized carbons (Fsp3) is 0.923. The number of carbonyl (C=O) groups excluding carboxylic acids is 1. The van der Waals surface area contributed by atoms with Gasteiger partial charge in [-0.1, -0.05) is 13.8 Å². The van der Waals surface area contributed by atoms with Gasteiger partial charge in [0.05, 0.1) is 12.5 Å². The summed E-state index contributed by atoms with van der Waals surface area (Å²) in [4.78, 5) is 12.0. The molecule has 3 N–H and O–H groups in total. The van der Waals surface area contributed by atoms with Crippen molar-refractivity contribution in [1.29, 1.82) is 0 Å². The Hall–Kier alpha value is -0.650. The molecule has 106 valence electrons. The molecule has 1 fully saturated rings. The maximum atomic E-state index is 12.0. The molecule has 0 aliphatic carbocycles. The minimum Gasteiger partial charge on any atom is -0.378 e. The van der Waals surface area contributed by atoms with E-state index in [1.165, 1.54) is 0 Å². The molecule has 1 saturated heterocycles. The van der Waals surface area contributed by atoms with E-state index < -0.39 is 0 Å². The summed E-state index contributed by atoms with van der Waals surface area (Å²) in [6.07, 6.45) is 1.64. The minimum atomic E-state index is -0.355. The maximum Gasteiger partial charge on any atom is 0.224 e. The molecule has 18 heavy (non-hydrogen) atoms. The number of nitrogens with one attached hydrogen (secondary N) is 1. The molecule has 1 heterocycles. The van der Waals surface area contributed by atoms with Crippen LogP contribution in [0, 0.1) is 11.8 Å². The average molecular weight is 258 g/mol. The molecule has 0 saturated carbocycles. The van der Waals surface area contributed by atoms with Crippen LogP contribution in [0.4, 0.5) is 0 Å². The van der Waals surface area contributed by atoms with Crippen LogP contribution in [-0.4, -0.2) is 44.9 Å². The van der Waals surface area contributed by atoms with Crippen LogP contribution in [0.2, 0.25) is 0 Å². The Kier molecular flexibility index (Phi) is 6.05. The van der Waals surface area contributed by atoms with E-state index in [1.807, 2.05) is 0 Å². The van der Waals surface area contributed by atoms with Gasteiger partial charge in [-0.25, -0.2) is 0 Å². The molecule has 0 bridgehead atoms. The fourth-order valence-corrected chi connectivity index (χ4v) is 2.23. The average Bonchev–Trinajstić information content (AvgIpc) is 2.82. The van der Waals surface area contributed by atoms with Crippen LogP contribution in [0.1, 0.15) is 26.7 Å². The molecule has 1 rings (SSSR count). The molecule has 5 heteroatoms. The van der Waals surface area contributed by atoms with Gasteiger partial charge in [0.1, 0.15) is 5.60 Å². The molecule has 1 aliphatic heterocycles. The molecule has 2 unspecified atom stereocenters. The second-order valence-electron chi connectivity index (χ2n) is 5.47. The van der Waals surface area contributed by atoms with E-state index in [4.69, 9.17) is 15.2 Å². The number of hydrogen-bond acceptors (Lipinski definition) is 4. The Labute approximate surface area is 109 Å². The summed E-state index contributed by atoms with van der Waals surface area (Å²) in [5.41, 5.74) is 5.30. The number of ether oxygens (including phenoxy) is 2. The van der Waals surface area contributed by atoms with Crippen LogP contribution in [0.3, 0.4) is 0 Å². The van der Waals surface area contributed by atoms with E-state index in [-0.39, 0.29) is 17.4 Å². The van der Waals surface area contributed by atoms with E-state index in [0.29, 0.717) is 32.2 Å². The summed E-state index contributed by atoms with van der Waals surface area (Å²) < 4.78 is 10.8. The van der Waals surface area contributed by atoms with Crippen LogP contribution in [0.5, 0.6) is 0 Å². The first-order chi connectivity index (χ1) is 8.53. The second kappa shape index (κ2) is 7.07. The lowest BCUT2D eigenvalue weighted by atomic mass is 9.95. The largest absolute Gasteiger partial charge is 0.378 e. The Balaban J connectivity index is 2.43. The van der Waals surface area contributed by atoms with E-state index in [1.54, 1.807) is 7.11 Å². The van der Waals surface area contributed by atoms with Gasteiger partial charge in [-0.15, -0.1) is 0 Å². The Morgan fingerprint density at radius 2 is 2.28 bits per heavy atom. The predicted octanol–water partition coefficient (Wildman–Crippen LogP) is 0.529. The second-order valence-corrected chi connectivity index (χ2v) is 5.47. The molecule has 2 atom stereocenters. The number of nitrogens with two attached hydrogens (primary N) is 1. The van der Waals surface area contributed by atoms with Gasteiger partial charge in [0, 0.05) is 33.2 Å². The van der Waals surface area contributed by atoms with Gasteiger partial charge < -0.3 is 20.5 Å². The molecule has 1 amide bonds. The van der Waals surface area contributed by atoms with Crippen LogP contribution in [0.15, 0.2) is 0 Å². The monoisotopic (exact) mass is 258 g/mol. The molecular weight excluding hydrogens is 232 g/mol. The van der Waals surface area contributed by atoms with Crippen molar-refractivity contribution < 1.29 is 14.3 Å². The van der Waals surface area contributed by atoms with Gasteiger partial charge in [-0.3, -0.25) is 4.79 Å². The lowest BCUT2D eigenvalue weighted by Crippen LogP contribution is -2.47. The van der Waals surface area contributed by atoms with Crippen molar-refractivity contribution in [2.45, 2.75) is 32.3 Å². The van der Waals surface area contributed by atoms with E-state index >= 15 is 0 Å². The van der Waals surface area contributed by atoms with Crippen LogP contribution >= 0.6 is 0 Å². The minimum absolute atomic E-state index is 0.0227. The summed E-state index contributed by atoms with van der Waals surface area (Å²) in [5, 5.41) is 2.95. The number of amides is 1. The molecular formula is C13H26N2O3. The molecule has 1 aliphatic rings. The summed E-state index contributed by atoms with van der Waals surface area (Å²) in [6.45, 7) is 6.31. The van der Waals surface area contributed by atoms with Crippen LogP contribution in [-0.2, 0) is 14.3 Å². The summed E-state index contributed by atoms with van der Waals surface area (Å²) >= 11 is 0. The van der Waals surface area contributed by atoms with Crippen molar-refractivity contribution in [2.24, 2.45) is 17.6 Å². The van der Waals surface area contributed by atoms with E-state index in [0.717, 1.165) is 12.8 Å². The van der Waals surface area contributed by atoms with Gasteiger partial charge in [0.15, 0.2) is 0 Å². The first-order valence-corrected chi connectivity index (χ1v) is 6.63. The van der Waals surface area contributed by atoms with Crippen LogP contribution in [0.25, 0.3) is 0 Å². The van der Waals surface area contributed by atoms with E-state index in [9.17, 15) is 4.79 Å². The predicted molar refractivity (Wildman–Crippen MR) is 70.2 cm³/mol. The van der Waals surface area contributed by atoms with Crippen molar-refractivity contribution in [3.8, 4) is 0 Å². The van der Waals surface area contributed by atoms with Gasteiger partial charge in [-0.2, -0.15) is 0 Å². The SMILES string of the molecule is COC1(CNC(=O)C(CN)CC(C)C)CCOC1. The third-order valence-electron chi connectivity index (χ3n) is 3.50. The van der Waals surface area contributed by atoms with Crippen molar-refractivity contribution in [3.05, 3.63) is 0 Å². The number of hydrogen-bond donors (Lipinski definition) is 2. The Morgan fingerprint density at radius 1 is 1.56 bits per heavy atom. The first kappa shape index (κ1) is 15.4. The lowest BCUT2D eigenvalue weighted by Gasteiger charge is -2.27. The quantitative estimate of drug-likeness (QED) is 0.698. The van der Waals surface area contributed by atoms with Gasteiger partial charge in [0.25, 0.3) is 0 Å². The summed E-state index contributed by atoms with van der Waals surface area (Å²) in [7, 11) is 1.66. The maximum absolute atomic E-state index is 12.0. The summed E-state index contributed by atoms with van der Waals surface area (Å²) in [5.74, 6) is 0.381. The Bertz CT molecular complexity index is 263. The Morgan fingerprint density at radius 3 is 2.72 bits per heavy atom. The first-order valence-electron chi connectivity index (χ1n) is 6.63. The molecule has 0 spiro atoms. The van der Waals surface area contributed by atoms with Crippen molar-refractivity contribution in [3.63, 3.8) is 0 Å². The zero-order chi connectivity index (χ0) is 13.6. The van der Waals surface area contributed by atoms with E-state index in [2.05, 4.69) is 19.2 Å². The van der Waals surface area contributed by atoms with Gasteiger partial charge >= 0.3 is 0 Å². The highest BCUT2D eigenvalue weighted by molar-refractivity contribution is 5.78. The molecule has 0 aromatic carbocycles. The van der Waals surface area contributed by atoms with Crippen LogP contribution < -0.4 is 11.1 Å². The molecule has 0 aromatic heterocycles. The zero-order valence-corrected chi connectivity index (χ0v) is 11.7. The standard InChI is InChI=1S/C13H26N2O3/c1-10(2)6-11(7-14)12(16)15-8-13(17-3)4-5-18-9-13/h10-11H,4-9,14H2,1-3H3,(H,15,16). The number of carbonyl (C=O) groups is 1. The lowest BCUT2D eigenvalue weighted by molar-refractivity contribution is -0.126. The third-order valence-corrected chi connectivity index (χ3v) is 3.50. The zero-order valence-electron chi connectivity index (χ0n) is 11.7. The van der Waals surface area contributed by atoms with Gasteiger partial charge in [-0.05, 0) is 12.3 Å². The molecule has 5 nitrogen and oxygen atoms in total. The smallest absolute Gasteiger partial charge is 0.224 e. The molecule has 0 radical (unpaired) electrons. The van der Waals surface area contributed by atoms with Gasteiger partial charge in [0.2, 0.25) is 5.91 Å². The van der Waals surface area contributed by atoms with Crippen molar-refractivity contribution >= 4 is 5.91 Å². The topological polar surface area (TPSA) is 73.6 Å². The highest BCUT2D eigenvalue weighted by Gasteiger charge is 2.35. The van der Waals surface area contributed by atoms with Crippen molar-refractivity contribution in [2.75, 3.05) is 33.4 Å². The molecule has 0 aromatic rings. The number of rotatable bonds is 7. The normalized spacial score (nSPS) is 25.4. The summed E-state index contributed by atoms with van der Waals surface area (Å²) in [6, 6.07) is 0. The van der Waals surface area contributed by atoms with Crippen molar-refractivity contribution in [1.82, 2.24) is 5.32 Å². The highest BCUT2D eigenvalue weighted by atomic mass is 16.5.